The summed E-state index contributed by atoms with van der Waals surface area (Å²) in [6.07, 6.45) is 0.540. The second-order valence-electron chi connectivity index (χ2n) is 5.29. The molecule has 1 atom stereocenters. The van der Waals surface area contributed by atoms with Gasteiger partial charge in [0.1, 0.15) is 11.6 Å². The van der Waals surface area contributed by atoms with E-state index >= 15 is 0 Å². The van der Waals surface area contributed by atoms with Crippen LogP contribution < -0.4 is 10.6 Å². The maximum absolute atomic E-state index is 12.1. The Kier molecular flexibility index (Phi) is 5.83. The molecule has 8 nitrogen and oxygen atoms in total. The summed E-state index contributed by atoms with van der Waals surface area (Å²) < 4.78 is 10.0. The van der Waals surface area contributed by atoms with Gasteiger partial charge in [0.2, 0.25) is 17.7 Å². The van der Waals surface area contributed by atoms with Crippen LogP contribution in [0.5, 0.6) is 0 Å². The van der Waals surface area contributed by atoms with Gasteiger partial charge in [-0.3, -0.25) is 9.59 Å². The molecule has 0 aliphatic heterocycles. The topological polar surface area (TPSA) is 106 Å². The third kappa shape index (κ3) is 5.14. The molecule has 0 bridgehead atoms. The number of rotatable bonds is 7. The number of aromatic nitrogens is 2. The lowest BCUT2D eigenvalue weighted by atomic mass is 10.0. The monoisotopic (exact) mass is 298 g/mol. The molecular weight excluding hydrogens is 276 g/mol. The quantitative estimate of drug-likeness (QED) is 0.752. The van der Waals surface area contributed by atoms with Crippen LogP contribution in [0.4, 0.5) is 0 Å². The van der Waals surface area contributed by atoms with Crippen molar-refractivity contribution in [2.24, 2.45) is 0 Å². The zero-order valence-electron chi connectivity index (χ0n) is 13.0. The molecular formula is C13H22N4O4. The van der Waals surface area contributed by atoms with Gasteiger partial charge in [-0.2, -0.15) is 4.98 Å². The molecule has 0 radical (unpaired) electrons. The molecule has 0 aliphatic rings. The van der Waals surface area contributed by atoms with Crippen molar-refractivity contribution in [2.45, 2.75) is 45.7 Å². The van der Waals surface area contributed by atoms with Gasteiger partial charge in [0.25, 0.3) is 0 Å². The normalized spacial score (nSPS) is 12.8. The molecule has 21 heavy (non-hydrogen) atoms. The summed E-state index contributed by atoms with van der Waals surface area (Å²) in [6.45, 7) is 6.83. The molecule has 1 rings (SSSR count). The Hall–Kier alpha value is -1.96. The van der Waals surface area contributed by atoms with Gasteiger partial charge in [-0.15, -0.1) is 0 Å². The SMILES string of the molecule is COCCc1noc([C@@H](C)NC(=O)C(C)(C)NC(C)=O)n1. The van der Waals surface area contributed by atoms with Gasteiger partial charge in [-0.25, -0.2) is 0 Å². The van der Waals surface area contributed by atoms with Gasteiger partial charge in [0.05, 0.1) is 6.61 Å². The van der Waals surface area contributed by atoms with E-state index in [1.54, 1.807) is 27.9 Å². The molecule has 0 saturated carbocycles. The first-order valence-corrected chi connectivity index (χ1v) is 6.67. The summed E-state index contributed by atoms with van der Waals surface area (Å²) in [6, 6.07) is -0.450. The van der Waals surface area contributed by atoms with Crippen LogP contribution in [0.25, 0.3) is 0 Å². The van der Waals surface area contributed by atoms with E-state index in [1.807, 2.05) is 0 Å². The molecule has 0 fully saturated rings. The minimum Gasteiger partial charge on any atom is -0.384 e. The fourth-order valence-corrected chi connectivity index (χ4v) is 1.67. The van der Waals surface area contributed by atoms with Crippen LogP contribution in [-0.4, -0.2) is 41.2 Å². The third-order valence-corrected chi connectivity index (χ3v) is 2.79. The van der Waals surface area contributed by atoms with E-state index in [0.717, 1.165) is 0 Å². The molecule has 1 aromatic heterocycles. The summed E-state index contributed by atoms with van der Waals surface area (Å²) in [5, 5.41) is 9.11. The minimum absolute atomic E-state index is 0.276. The lowest BCUT2D eigenvalue weighted by Gasteiger charge is -2.25. The molecule has 1 aromatic rings. The molecule has 2 N–H and O–H groups in total. The summed E-state index contributed by atoms with van der Waals surface area (Å²) in [7, 11) is 1.59. The van der Waals surface area contributed by atoms with Crippen molar-refractivity contribution in [1.82, 2.24) is 20.8 Å². The van der Waals surface area contributed by atoms with Gasteiger partial charge in [-0.1, -0.05) is 5.16 Å². The van der Waals surface area contributed by atoms with Crippen LogP contribution in [0.1, 0.15) is 45.5 Å². The summed E-state index contributed by atoms with van der Waals surface area (Å²) in [5.74, 6) is 0.228. The highest BCUT2D eigenvalue weighted by Gasteiger charge is 2.30. The van der Waals surface area contributed by atoms with Crippen molar-refractivity contribution in [3.8, 4) is 0 Å². The molecule has 0 aromatic carbocycles. The Balaban J connectivity index is 2.63. The second kappa shape index (κ2) is 7.16. The van der Waals surface area contributed by atoms with Crippen LogP contribution in [0.3, 0.4) is 0 Å². The number of carbonyl (C=O) groups excluding carboxylic acids is 2. The molecule has 2 amide bonds. The summed E-state index contributed by atoms with van der Waals surface area (Å²) in [4.78, 5) is 27.4. The number of ether oxygens (including phenoxy) is 1. The number of carbonyl (C=O) groups is 2. The standard InChI is InChI=1S/C13H22N4O4/c1-8(11-15-10(17-21-11)6-7-20-5)14-12(19)13(3,4)16-9(2)18/h8H,6-7H2,1-5H3,(H,14,19)(H,16,18)/t8-/m1/s1. The highest BCUT2D eigenvalue weighted by atomic mass is 16.5. The summed E-state index contributed by atoms with van der Waals surface area (Å²) in [5.41, 5.74) is -1.01. The first-order chi connectivity index (χ1) is 9.76. The Morgan fingerprint density at radius 1 is 1.43 bits per heavy atom. The lowest BCUT2D eigenvalue weighted by molar-refractivity contribution is -0.132. The highest BCUT2D eigenvalue weighted by Crippen LogP contribution is 2.12. The Bertz CT molecular complexity index is 498. The van der Waals surface area contributed by atoms with E-state index in [-0.39, 0.29) is 11.8 Å². The largest absolute Gasteiger partial charge is 0.384 e. The fourth-order valence-electron chi connectivity index (χ4n) is 1.67. The predicted octanol–water partition coefficient (Wildman–Crippen LogP) is 0.350. The molecule has 1 heterocycles. The third-order valence-electron chi connectivity index (χ3n) is 2.79. The average molecular weight is 298 g/mol. The average Bonchev–Trinajstić information content (AvgIpc) is 2.83. The highest BCUT2D eigenvalue weighted by molar-refractivity contribution is 5.90. The van der Waals surface area contributed by atoms with Crippen molar-refractivity contribution in [2.75, 3.05) is 13.7 Å². The van der Waals surface area contributed by atoms with Gasteiger partial charge in [0.15, 0.2) is 5.82 Å². The maximum Gasteiger partial charge on any atom is 0.248 e. The molecule has 0 unspecified atom stereocenters. The molecule has 0 aliphatic carbocycles. The maximum atomic E-state index is 12.1. The first kappa shape index (κ1) is 17.1. The number of amides is 2. The molecule has 0 spiro atoms. The van der Waals surface area contributed by atoms with E-state index in [4.69, 9.17) is 9.26 Å². The number of hydrogen-bond acceptors (Lipinski definition) is 6. The Labute approximate surface area is 123 Å². The first-order valence-electron chi connectivity index (χ1n) is 6.67. The lowest BCUT2D eigenvalue weighted by Crippen LogP contribution is -2.54. The van der Waals surface area contributed by atoms with Crippen molar-refractivity contribution in [3.63, 3.8) is 0 Å². The Morgan fingerprint density at radius 2 is 2.10 bits per heavy atom. The fraction of sp³-hybridized carbons (Fsp3) is 0.692. The molecule has 118 valence electrons. The van der Waals surface area contributed by atoms with E-state index in [1.165, 1.54) is 6.92 Å². The van der Waals surface area contributed by atoms with Gasteiger partial charge in [-0.05, 0) is 20.8 Å². The van der Waals surface area contributed by atoms with Gasteiger partial charge in [0, 0.05) is 20.5 Å². The van der Waals surface area contributed by atoms with Crippen LogP contribution in [0.2, 0.25) is 0 Å². The summed E-state index contributed by atoms with van der Waals surface area (Å²) >= 11 is 0. The van der Waals surface area contributed by atoms with Crippen LogP contribution in [-0.2, 0) is 20.7 Å². The molecule has 8 heteroatoms. The minimum atomic E-state index is -1.01. The Morgan fingerprint density at radius 3 is 2.67 bits per heavy atom. The predicted molar refractivity (Wildman–Crippen MR) is 74.3 cm³/mol. The van der Waals surface area contributed by atoms with Crippen LogP contribution in [0.15, 0.2) is 4.52 Å². The van der Waals surface area contributed by atoms with Crippen molar-refractivity contribution in [1.29, 1.82) is 0 Å². The van der Waals surface area contributed by atoms with Gasteiger partial charge >= 0.3 is 0 Å². The number of nitrogens with one attached hydrogen (secondary N) is 2. The van der Waals surface area contributed by atoms with Crippen molar-refractivity contribution in [3.05, 3.63) is 11.7 Å². The van der Waals surface area contributed by atoms with E-state index < -0.39 is 11.6 Å². The van der Waals surface area contributed by atoms with E-state index in [2.05, 4.69) is 20.8 Å². The van der Waals surface area contributed by atoms with Crippen LogP contribution >= 0.6 is 0 Å². The van der Waals surface area contributed by atoms with Crippen molar-refractivity contribution >= 4 is 11.8 Å². The second-order valence-corrected chi connectivity index (χ2v) is 5.29. The molecule has 0 saturated heterocycles. The van der Waals surface area contributed by atoms with Crippen molar-refractivity contribution < 1.29 is 18.8 Å². The van der Waals surface area contributed by atoms with Crippen LogP contribution in [0, 0.1) is 0 Å². The number of hydrogen-bond donors (Lipinski definition) is 2. The van der Waals surface area contributed by atoms with E-state index in [9.17, 15) is 9.59 Å². The van der Waals surface area contributed by atoms with E-state index in [0.29, 0.717) is 24.7 Å². The zero-order chi connectivity index (χ0) is 16.0. The zero-order valence-corrected chi connectivity index (χ0v) is 13.0. The smallest absolute Gasteiger partial charge is 0.248 e. The van der Waals surface area contributed by atoms with Gasteiger partial charge < -0.3 is 19.9 Å². The number of methoxy groups -OCH3 is 1. The number of nitrogens with zero attached hydrogens (tertiary/aromatic N) is 2.